The van der Waals surface area contributed by atoms with E-state index in [0.29, 0.717) is 0 Å². The van der Waals surface area contributed by atoms with Crippen molar-refractivity contribution in [2.45, 2.75) is 26.1 Å². The monoisotopic (exact) mass is 320 g/mol. The van der Waals surface area contributed by atoms with Crippen LogP contribution in [0.1, 0.15) is 13.8 Å². The molecule has 8 heteroatoms. The molecule has 0 fully saturated rings. The fourth-order valence-corrected chi connectivity index (χ4v) is 2.11. The van der Waals surface area contributed by atoms with E-state index < -0.39 is 31.7 Å². The molecule has 0 N–H and O–H groups in total. The van der Waals surface area contributed by atoms with E-state index in [2.05, 4.69) is 13.2 Å². The summed E-state index contributed by atoms with van der Waals surface area (Å²) in [4.78, 5) is 21.9. The van der Waals surface area contributed by atoms with Gasteiger partial charge in [0.05, 0.1) is 13.2 Å². The summed E-state index contributed by atoms with van der Waals surface area (Å²) in [6.45, 7) is 10.8. The van der Waals surface area contributed by atoms with Crippen LogP contribution in [0.15, 0.2) is 25.3 Å². The molecule has 0 aromatic heterocycles. The molecule has 0 aliphatic rings. The molecule has 0 amide bonds. The Kier molecular flexibility index (Phi) is 8.85. The number of ether oxygens (including phenoxy) is 2. The lowest BCUT2D eigenvalue weighted by atomic mass is 10.4. The largest absolute Gasteiger partial charge is 0.457 e. The summed E-state index contributed by atoms with van der Waals surface area (Å²) in [5, 5.41) is 0. The highest BCUT2D eigenvalue weighted by molar-refractivity contribution is 7.52. The zero-order valence-electron chi connectivity index (χ0n) is 12.4. The number of esters is 2. The first kappa shape index (κ1) is 19.6. The SMILES string of the molecule is C=CC(=O)OC(C)COP(C)(=O)OCC(C)OC(=O)C=C. The van der Waals surface area contributed by atoms with E-state index in [0.717, 1.165) is 12.2 Å². The molecule has 0 aliphatic carbocycles. The summed E-state index contributed by atoms with van der Waals surface area (Å²) in [6, 6.07) is 0. The Labute approximate surface area is 124 Å². The summed E-state index contributed by atoms with van der Waals surface area (Å²) in [5.74, 6) is -1.19. The quantitative estimate of drug-likeness (QED) is 0.346. The normalized spacial score (nSPS) is 16.1. The smallest absolute Gasteiger partial charge is 0.330 e. The maximum absolute atomic E-state index is 12.0. The molecule has 7 nitrogen and oxygen atoms in total. The van der Waals surface area contributed by atoms with Crippen LogP contribution in [0.25, 0.3) is 0 Å². The van der Waals surface area contributed by atoms with Crippen molar-refractivity contribution < 1.29 is 32.7 Å². The van der Waals surface area contributed by atoms with Crippen LogP contribution in [-0.2, 0) is 32.7 Å². The van der Waals surface area contributed by atoms with Gasteiger partial charge in [0.15, 0.2) is 0 Å². The van der Waals surface area contributed by atoms with Crippen LogP contribution >= 0.6 is 7.60 Å². The fourth-order valence-electron chi connectivity index (χ4n) is 1.08. The van der Waals surface area contributed by atoms with Crippen molar-refractivity contribution in [1.29, 1.82) is 0 Å². The Hall–Kier alpha value is -1.43. The molecule has 0 aliphatic heterocycles. The lowest BCUT2D eigenvalue weighted by Crippen LogP contribution is -2.21. The molecule has 0 spiro atoms. The van der Waals surface area contributed by atoms with Crippen molar-refractivity contribution in [3.63, 3.8) is 0 Å². The van der Waals surface area contributed by atoms with Gasteiger partial charge in [0.2, 0.25) is 0 Å². The minimum Gasteiger partial charge on any atom is -0.457 e. The van der Waals surface area contributed by atoms with Crippen molar-refractivity contribution in [3.8, 4) is 0 Å². The maximum Gasteiger partial charge on any atom is 0.330 e. The highest BCUT2D eigenvalue weighted by Gasteiger charge is 2.21. The molecule has 2 unspecified atom stereocenters. The van der Waals surface area contributed by atoms with Gasteiger partial charge < -0.3 is 18.5 Å². The first-order chi connectivity index (χ1) is 9.70. The minimum atomic E-state index is -3.34. The van der Waals surface area contributed by atoms with Gasteiger partial charge in [-0.25, -0.2) is 9.59 Å². The van der Waals surface area contributed by atoms with Crippen LogP contribution in [0.3, 0.4) is 0 Å². The van der Waals surface area contributed by atoms with Gasteiger partial charge in [-0.3, -0.25) is 4.57 Å². The van der Waals surface area contributed by atoms with Crippen molar-refractivity contribution in [2.75, 3.05) is 19.9 Å². The topological polar surface area (TPSA) is 88.1 Å². The average molecular weight is 320 g/mol. The summed E-state index contributed by atoms with van der Waals surface area (Å²) in [7, 11) is -3.34. The van der Waals surface area contributed by atoms with Gasteiger partial charge in [-0.15, -0.1) is 0 Å². The molecular formula is C13H21O7P. The average Bonchev–Trinajstić information content (AvgIpc) is 2.43. The standard InChI is InChI=1S/C13H21O7P/c1-6-12(14)19-10(3)8-17-21(5,16)18-9-11(4)20-13(15)7-2/h6-7,10-11H,1-2,8-9H2,3-5H3. The van der Waals surface area contributed by atoms with Gasteiger partial charge in [0.1, 0.15) is 12.2 Å². The zero-order valence-corrected chi connectivity index (χ0v) is 13.3. The van der Waals surface area contributed by atoms with Crippen LogP contribution in [0.2, 0.25) is 0 Å². The third kappa shape index (κ3) is 10.0. The van der Waals surface area contributed by atoms with Crippen molar-refractivity contribution in [3.05, 3.63) is 25.3 Å². The Bertz CT molecular complexity index is 396. The Morgan fingerprint density at radius 2 is 1.33 bits per heavy atom. The van der Waals surface area contributed by atoms with Crippen LogP contribution in [-0.4, -0.2) is 44.0 Å². The molecule has 0 aromatic carbocycles. The van der Waals surface area contributed by atoms with E-state index in [9.17, 15) is 14.2 Å². The fraction of sp³-hybridized carbons (Fsp3) is 0.538. The number of carbonyl (C=O) groups excluding carboxylic acids is 2. The molecule has 2 atom stereocenters. The van der Waals surface area contributed by atoms with E-state index >= 15 is 0 Å². The number of rotatable bonds is 10. The Morgan fingerprint density at radius 3 is 1.62 bits per heavy atom. The predicted octanol–water partition coefficient (Wildman–Crippen LogP) is 2.08. The van der Waals surface area contributed by atoms with E-state index in [1.807, 2.05) is 0 Å². The summed E-state index contributed by atoms with van der Waals surface area (Å²) >= 11 is 0. The number of carbonyl (C=O) groups is 2. The van der Waals surface area contributed by atoms with Gasteiger partial charge in [-0.2, -0.15) is 0 Å². The molecule has 0 rings (SSSR count). The second-order valence-electron chi connectivity index (χ2n) is 4.27. The van der Waals surface area contributed by atoms with Gasteiger partial charge in [0.25, 0.3) is 0 Å². The van der Waals surface area contributed by atoms with Gasteiger partial charge in [-0.05, 0) is 13.8 Å². The first-order valence-corrected chi connectivity index (χ1v) is 8.22. The highest BCUT2D eigenvalue weighted by Crippen LogP contribution is 2.44. The van der Waals surface area contributed by atoms with Crippen LogP contribution in [0, 0.1) is 0 Å². The van der Waals surface area contributed by atoms with Crippen molar-refractivity contribution >= 4 is 19.5 Å². The molecular weight excluding hydrogens is 299 g/mol. The zero-order chi connectivity index (χ0) is 16.5. The van der Waals surface area contributed by atoms with E-state index in [4.69, 9.17) is 18.5 Å². The molecule has 0 saturated heterocycles. The lowest BCUT2D eigenvalue weighted by molar-refractivity contribution is -0.143. The molecule has 0 aromatic rings. The van der Waals surface area contributed by atoms with E-state index in [-0.39, 0.29) is 13.2 Å². The summed E-state index contributed by atoms with van der Waals surface area (Å²) in [5.41, 5.74) is 0. The molecule has 21 heavy (non-hydrogen) atoms. The third-order valence-corrected chi connectivity index (χ3v) is 3.29. The lowest BCUT2D eigenvalue weighted by Gasteiger charge is -2.19. The molecule has 0 radical (unpaired) electrons. The predicted molar refractivity (Wildman–Crippen MR) is 76.9 cm³/mol. The molecule has 120 valence electrons. The Balaban J connectivity index is 4.11. The molecule has 0 saturated carbocycles. The van der Waals surface area contributed by atoms with E-state index in [1.165, 1.54) is 6.66 Å². The first-order valence-electron chi connectivity index (χ1n) is 6.23. The van der Waals surface area contributed by atoms with Crippen LogP contribution in [0.5, 0.6) is 0 Å². The minimum absolute atomic E-state index is 0.0891. The molecule has 0 bridgehead atoms. The van der Waals surface area contributed by atoms with Crippen molar-refractivity contribution in [1.82, 2.24) is 0 Å². The summed E-state index contributed by atoms with van der Waals surface area (Å²) in [6.07, 6.45) is 0.856. The second kappa shape index (κ2) is 9.50. The van der Waals surface area contributed by atoms with Crippen LogP contribution < -0.4 is 0 Å². The maximum atomic E-state index is 12.0. The number of hydrogen-bond donors (Lipinski definition) is 0. The van der Waals surface area contributed by atoms with Crippen molar-refractivity contribution in [2.24, 2.45) is 0 Å². The van der Waals surface area contributed by atoms with Gasteiger partial charge in [0, 0.05) is 18.8 Å². The summed E-state index contributed by atoms with van der Waals surface area (Å²) < 4.78 is 31.8. The second-order valence-corrected chi connectivity index (χ2v) is 6.33. The Morgan fingerprint density at radius 1 is 1.00 bits per heavy atom. The highest BCUT2D eigenvalue weighted by atomic mass is 31.2. The van der Waals surface area contributed by atoms with Gasteiger partial charge in [-0.1, -0.05) is 13.2 Å². The van der Waals surface area contributed by atoms with Crippen LogP contribution in [0.4, 0.5) is 0 Å². The molecule has 0 heterocycles. The number of hydrogen-bond acceptors (Lipinski definition) is 7. The van der Waals surface area contributed by atoms with Gasteiger partial charge >= 0.3 is 19.5 Å². The third-order valence-electron chi connectivity index (χ3n) is 2.06. The van der Waals surface area contributed by atoms with E-state index in [1.54, 1.807) is 13.8 Å².